The number of likely N-dealkylation sites (tertiary alicyclic amines) is 1. The maximum Gasteiger partial charge on any atom is 0.272 e. The molecule has 0 spiro atoms. The van der Waals surface area contributed by atoms with Gasteiger partial charge in [-0.15, -0.1) is 12.4 Å². The van der Waals surface area contributed by atoms with Crippen LogP contribution in [0.1, 0.15) is 16.8 Å². The molecule has 1 heterocycles. The van der Waals surface area contributed by atoms with Crippen molar-refractivity contribution in [1.82, 2.24) is 4.90 Å². The van der Waals surface area contributed by atoms with E-state index >= 15 is 0 Å². The van der Waals surface area contributed by atoms with Crippen molar-refractivity contribution < 1.29 is 14.1 Å². The number of amides is 1. The third-order valence-corrected chi connectivity index (χ3v) is 3.30. The molecule has 1 fully saturated rings. The van der Waals surface area contributed by atoms with Crippen LogP contribution in [0.5, 0.6) is 0 Å². The van der Waals surface area contributed by atoms with Gasteiger partial charge in [0, 0.05) is 19.2 Å². The predicted octanol–water partition coefficient (Wildman–Crippen LogP) is 1.58. The second-order valence-corrected chi connectivity index (χ2v) is 4.56. The summed E-state index contributed by atoms with van der Waals surface area (Å²) in [6, 6.07) is 3.06. The van der Waals surface area contributed by atoms with E-state index in [-0.39, 0.29) is 29.6 Å². The molecule has 0 aromatic heterocycles. The van der Waals surface area contributed by atoms with Crippen LogP contribution in [0.4, 0.5) is 10.1 Å². The van der Waals surface area contributed by atoms with Crippen molar-refractivity contribution in [3.8, 4) is 0 Å². The average molecular weight is 304 g/mol. The number of halogens is 2. The summed E-state index contributed by atoms with van der Waals surface area (Å²) in [6.07, 6.45) is 0.802. The molecule has 1 atom stereocenters. The Kier molecular flexibility index (Phi) is 5.41. The van der Waals surface area contributed by atoms with E-state index in [0.717, 1.165) is 24.6 Å². The Hall–Kier alpha value is -1.73. The fourth-order valence-corrected chi connectivity index (χ4v) is 2.17. The molecular formula is C12H15ClFN3O3. The van der Waals surface area contributed by atoms with Gasteiger partial charge in [-0.1, -0.05) is 0 Å². The Morgan fingerprint density at radius 1 is 1.55 bits per heavy atom. The number of nitrogens with zero attached hydrogens (tertiary/aromatic N) is 2. The summed E-state index contributed by atoms with van der Waals surface area (Å²) in [7, 11) is 0. The van der Waals surface area contributed by atoms with Crippen molar-refractivity contribution in [2.24, 2.45) is 11.7 Å². The number of nitrogens with two attached hydrogens (primary N) is 1. The minimum Gasteiger partial charge on any atom is -0.338 e. The van der Waals surface area contributed by atoms with E-state index in [2.05, 4.69) is 0 Å². The third kappa shape index (κ3) is 3.23. The molecule has 1 unspecified atom stereocenters. The van der Waals surface area contributed by atoms with Crippen LogP contribution in [-0.4, -0.2) is 35.4 Å². The van der Waals surface area contributed by atoms with Gasteiger partial charge < -0.3 is 10.6 Å². The summed E-state index contributed by atoms with van der Waals surface area (Å²) < 4.78 is 13.7. The largest absolute Gasteiger partial charge is 0.338 e. The fraction of sp³-hybridized carbons (Fsp3) is 0.417. The van der Waals surface area contributed by atoms with Crippen LogP contribution in [-0.2, 0) is 0 Å². The Morgan fingerprint density at radius 3 is 2.75 bits per heavy atom. The van der Waals surface area contributed by atoms with Gasteiger partial charge in [0.1, 0.15) is 5.82 Å². The minimum atomic E-state index is -0.865. The van der Waals surface area contributed by atoms with Gasteiger partial charge in [-0.3, -0.25) is 14.9 Å². The summed E-state index contributed by atoms with van der Waals surface area (Å²) in [5, 5.41) is 10.5. The highest BCUT2D eigenvalue weighted by Crippen LogP contribution is 2.21. The topological polar surface area (TPSA) is 89.5 Å². The van der Waals surface area contributed by atoms with E-state index in [9.17, 15) is 19.3 Å². The first-order valence-corrected chi connectivity index (χ1v) is 5.96. The van der Waals surface area contributed by atoms with Crippen molar-refractivity contribution in [2.45, 2.75) is 6.42 Å². The van der Waals surface area contributed by atoms with Crippen LogP contribution in [0.3, 0.4) is 0 Å². The van der Waals surface area contributed by atoms with Gasteiger partial charge in [-0.25, -0.2) is 4.39 Å². The highest BCUT2D eigenvalue weighted by atomic mass is 35.5. The standard InChI is InChI=1S/C12H14FN3O3.ClH/c13-11-5-9(16(18)19)1-2-10(11)12(17)15-4-3-8(6-14)7-15;/h1-2,5,8H,3-4,6-7,14H2;1H. The van der Waals surface area contributed by atoms with Gasteiger partial charge in [0.05, 0.1) is 16.6 Å². The van der Waals surface area contributed by atoms with E-state index < -0.39 is 16.6 Å². The molecule has 8 heteroatoms. The van der Waals surface area contributed by atoms with Crippen LogP contribution < -0.4 is 5.73 Å². The molecule has 1 saturated heterocycles. The smallest absolute Gasteiger partial charge is 0.272 e. The highest BCUT2D eigenvalue weighted by molar-refractivity contribution is 5.94. The highest BCUT2D eigenvalue weighted by Gasteiger charge is 2.28. The Balaban J connectivity index is 0.00000200. The number of hydrogen-bond donors (Lipinski definition) is 1. The number of hydrogen-bond acceptors (Lipinski definition) is 4. The van der Waals surface area contributed by atoms with E-state index in [1.54, 1.807) is 0 Å². The quantitative estimate of drug-likeness (QED) is 0.678. The normalized spacial score (nSPS) is 17.7. The Bertz CT molecular complexity index is 527. The monoisotopic (exact) mass is 303 g/mol. The molecule has 1 amide bonds. The van der Waals surface area contributed by atoms with E-state index in [1.165, 1.54) is 4.90 Å². The van der Waals surface area contributed by atoms with Crippen molar-refractivity contribution in [2.75, 3.05) is 19.6 Å². The molecule has 0 radical (unpaired) electrons. The van der Waals surface area contributed by atoms with Gasteiger partial charge in [-0.2, -0.15) is 0 Å². The maximum atomic E-state index is 13.7. The van der Waals surface area contributed by atoms with Crippen molar-refractivity contribution in [3.63, 3.8) is 0 Å². The van der Waals surface area contributed by atoms with E-state index in [4.69, 9.17) is 5.73 Å². The molecule has 0 aliphatic carbocycles. The van der Waals surface area contributed by atoms with Crippen LogP contribution in [0.15, 0.2) is 18.2 Å². The molecule has 1 aromatic rings. The van der Waals surface area contributed by atoms with Crippen molar-refractivity contribution >= 4 is 24.0 Å². The summed E-state index contributed by atoms with van der Waals surface area (Å²) in [6.45, 7) is 1.54. The molecule has 1 aromatic carbocycles. The number of nitro groups is 1. The van der Waals surface area contributed by atoms with Crippen molar-refractivity contribution in [1.29, 1.82) is 0 Å². The molecule has 20 heavy (non-hydrogen) atoms. The zero-order valence-electron chi connectivity index (χ0n) is 10.6. The molecule has 1 aliphatic heterocycles. The van der Waals surface area contributed by atoms with Gasteiger partial charge in [0.15, 0.2) is 0 Å². The Morgan fingerprint density at radius 2 is 2.25 bits per heavy atom. The van der Waals surface area contributed by atoms with E-state index in [0.29, 0.717) is 19.6 Å². The average Bonchev–Trinajstić information content (AvgIpc) is 2.86. The summed E-state index contributed by atoms with van der Waals surface area (Å²) in [4.78, 5) is 23.4. The molecule has 6 nitrogen and oxygen atoms in total. The molecule has 1 aliphatic rings. The summed E-state index contributed by atoms with van der Waals surface area (Å²) in [5.41, 5.74) is 5.03. The number of rotatable bonds is 3. The molecule has 2 rings (SSSR count). The predicted molar refractivity (Wildman–Crippen MR) is 73.4 cm³/mol. The van der Waals surface area contributed by atoms with Gasteiger partial charge in [0.25, 0.3) is 11.6 Å². The lowest BCUT2D eigenvalue weighted by atomic mass is 10.1. The number of nitro benzene ring substituents is 1. The molecule has 2 N–H and O–H groups in total. The van der Waals surface area contributed by atoms with Crippen LogP contribution in [0, 0.1) is 21.8 Å². The zero-order valence-corrected chi connectivity index (χ0v) is 11.4. The zero-order chi connectivity index (χ0) is 14.0. The van der Waals surface area contributed by atoms with Gasteiger partial charge >= 0.3 is 0 Å². The van der Waals surface area contributed by atoms with E-state index in [1.807, 2.05) is 0 Å². The van der Waals surface area contributed by atoms with Crippen LogP contribution >= 0.6 is 12.4 Å². The van der Waals surface area contributed by atoms with Crippen LogP contribution in [0.25, 0.3) is 0 Å². The molecule has 110 valence electrons. The number of benzene rings is 1. The van der Waals surface area contributed by atoms with Gasteiger partial charge in [-0.05, 0) is 24.9 Å². The molecule has 0 saturated carbocycles. The number of carbonyl (C=O) groups excluding carboxylic acids is 1. The lowest BCUT2D eigenvalue weighted by Crippen LogP contribution is -2.30. The fourth-order valence-electron chi connectivity index (χ4n) is 2.17. The number of carbonyl (C=O) groups is 1. The van der Waals surface area contributed by atoms with Crippen molar-refractivity contribution in [3.05, 3.63) is 39.7 Å². The minimum absolute atomic E-state index is 0. The maximum absolute atomic E-state index is 13.7. The second-order valence-electron chi connectivity index (χ2n) is 4.56. The third-order valence-electron chi connectivity index (χ3n) is 3.30. The van der Waals surface area contributed by atoms with Gasteiger partial charge in [0.2, 0.25) is 0 Å². The lowest BCUT2D eigenvalue weighted by Gasteiger charge is -2.16. The first-order chi connectivity index (χ1) is 9.02. The summed E-state index contributed by atoms with van der Waals surface area (Å²) in [5.74, 6) is -1.07. The first kappa shape index (κ1) is 16.3. The number of non-ortho nitro benzene ring substituents is 1. The summed E-state index contributed by atoms with van der Waals surface area (Å²) >= 11 is 0. The molecule has 0 bridgehead atoms. The van der Waals surface area contributed by atoms with Crippen LogP contribution in [0.2, 0.25) is 0 Å². The Labute approximate surface area is 121 Å². The first-order valence-electron chi connectivity index (χ1n) is 5.96. The molecular weight excluding hydrogens is 289 g/mol. The lowest BCUT2D eigenvalue weighted by molar-refractivity contribution is -0.385. The second kappa shape index (κ2) is 6.62. The SMILES string of the molecule is Cl.NCC1CCN(C(=O)c2ccc([N+](=O)[O-])cc2F)C1.